The summed E-state index contributed by atoms with van der Waals surface area (Å²) in [5.41, 5.74) is 2.28. The molecule has 0 spiro atoms. The van der Waals surface area contributed by atoms with Crippen molar-refractivity contribution < 1.29 is 4.74 Å². The van der Waals surface area contributed by atoms with Crippen LogP contribution < -0.4 is 4.74 Å². The van der Waals surface area contributed by atoms with Crippen molar-refractivity contribution in [1.29, 1.82) is 0 Å². The van der Waals surface area contributed by atoms with Gasteiger partial charge < -0.3 is 4.74 Å². The maximum Gasteiger partial charge on any atom is 0.160 e. The average molecular weight is 292 g/mol. The molecule has 22 heavy (non-hydrogen) atoms. The third-order valence-electron chi connectivity index (χ3n) is 3.93. The highest BCUT2D eigenvalue weighted by Gasteiger charge is 2.20. The van der Waals surface area contributed by atoms with Gasteiger partial charge in [-0.3, -0.25) is 4.57 Å². The van der Waals surface area contributed by atoms with Crippen LogP contribution in [0.25, 0.3) is 5.82 Å². The molecular formula is C17H16N4O. The molecule has 1 atom stereocenters. The van der Waals surface area contributed by atoms with Crippen LogP contribution >= 0.6 is 0 Å². The fourth-order valence-corrected chi connectivity index (χ4v) is 2.81. The summed E-state index contributed by atoms with van der Waals surface area (Å²) >= 11 is 0. The summed E-state index contributed by atoms with van der Waals surface area (Å²) in [6, 6.07) is 12.2. The predicted molar refractivity (Wildman–Crippen MR) is 82.0 cm³/mol. The molecular weight excluding hydrogens is 276 g/mol. The van der Waals surface area contributed by atoms with E-state index in [1.807, 2.05) is 35.0 Å². The lowest BCUT2D eigenvalue weighted by Crippen LogP contribution is -2.23. The Kier molecular flexibility index (Phi) is 3.31. The van der Waals surface area contributed by atoms with Gasteiger partial charge in [0.1, 0.15) is 12.1 Å². The third-order valence-corrected chi connectivity index (χ3v) is 3.93. The van der Waals surface area contributed by atoms with E-state index in [-0.39, 0.29) is 0 Å². The number of aromatic nitrogens is 4. The fraction of sp³-hybridized carbons (Fsp3) is 0.235. The topological polar surface area (TPSA) is 52.8 Å². The minimum Gasteiger partial charge on any atom is -0.493 e. The Morgan fingerprint density at radius 2 is 2.09 bits per heavy atom. The summed E-state index contributed by atoms with van der Waals surface area (Å²) in [6.07, 6.45) is 7.21. The van der Waals surface area contributed by atoms with E-state index in [9.17, 15) is 0 Å². The highest BCUT2D eigenvalue weighted by molar-refractivity contribution is 5.35. The van der Waals surface area contributed by atoms with E-state index in [1.54, 1.807) is 12.5 Å². The van der Waals surface area contributed by atoms with E-state index in [0.717, 1.165) is 36.7 Å². The number of para-hydroxylation sites is 1. The maximum absolute atomic E-state index is 5.83. The first-order valence-corrected chi connectivity index (χ1v) is 7.40. The minimum atomic E-state index is 0.447. The number of hydrogen-bond donors (Lipinski definition) is 0. The second kappa shape index (κ2) is 5.60. The number of benzene rings is 1. The second-order valence-electron chi connectivity index (χ2n) is 5.55. The summed E-state index contributed by atoms with van der Waals surface area (Å²) in [4.78, 5) is 4.01. The van der Waals surface area contributed by atoms with Gasteiger partial charge in [-0.2, -0.15) is 5.10 Å². The molecule has 1 aliphatic heterocycles. The molecule has 4 rings (SSSR count). The molecule has 3 aromatic rings. The summed E-state index contributed by atoms with van der Waals surface area (Å²) in [7, 11) is 0. The number of nitrogens with zero attached hydrogens (tertiary/aromatic N) is 4. The number of imidazole rings is 1. The Hall–Kier alpha value is -2.69. The van der Waals surface area contributed by atoms with Crippen LogP contribution in [0.1, 0.15) is 11.3 Å². The quantitative estimate of drug-likeness (QED) is 0.744. The van der Waals surface area contributed by atoms with E-state index in [2.05, 4.69) is 27.3 Å². The molecule has 110 valence electrons. The molecule has 0 amide bonds. The Morgan fingerprint density at radius 1 is 1.14 bits per heavy atom. The van der Waals surface area contributed by atoms with Gasteiger partial charge in [0.25, 0.3) is 0 Å². The van der Waals surface area contributed by atoms with E-state index in [1.165, 1.54) is 5.56 Å². The minimum absolute atomic E-state index is 0.447. The highest BCUT2D eigenvalue weighted by atomic mass is 16.5. The lowest BCUT2D eigenvalue weighted by atomic mass is 9.93. The van der Waals surface area contributed by atoms with E-state index in [0.29, 0.717) is 5.92 Å². The zero-order valence-electron chi connectivity index (χ0n) is 12.1. The summed E-state index contributed by atoms with van der Waals surface area (Å²) in [6.45, 7) is 0.738. The fourth-order valence-electron chi connectivity index (χ4n) is 2.81. The first-order chi connectivity index (χ1) is 10.9. The Balaban J connectivity index is 1.46. The van der Waals surface area contributed by atoms with Gasteiger partial charge in [-0.15, -0.1) is 5.10 Å². The van der Waals surface area contributed by atoms with Gasteiger partial charge in [-0.05, 0) is 36.6 Å². The van der Waals surface area contributed by atoms with E-state index in [4.69, 9.17) is 4.74 Å². The second-order valence-corrected chi connectivity index (χ2v) is 5.55. The predicted octanol–water partition coefficient (Wildman–Crippen LogP) is 2.46. The Bertz CT molecular complexity index is 753. The standard InChI is InChI=1S/C17H16N4O/c1-2-4-16-14(3-1)9-13(11-22-16)10-15-5-6-17(20-19-15)21-8-7-18-12-21/h1-8,12-13H,9-11H2. The molecule has 0 aliphatic carbocycles. The van der Waals surface area contributed by atoms with Crippen molar-refractivity contribution in [2.24, 2.45) is 5.92 Å². The molecule has 3 heterocycles. The molecule has 0 bridgehead atoms. The number of hydrogen-bond acceptors (Lipinski definition) is 4. The first kappa shape index (κ1) is 13.0. The van der Waals surface area contributed by atoms with Crippen molar-refractivity contribution in [3.05, 3.63) is 66.4 Å². The average Bonchev–Trinajstić information content (AvgIpc) is 3.10. The summed E-state index contributed by atoms with van der Waals surface area (Å²) in [5.74, 6) is 2.25. The largest absolute Gasteiger partial charge is 0.493 e. The molecule has 0 saturated heterocycles. The number of fused-ring (bicyclic) bond motifs is 1. The van der Waals surface area contributed by atoms with Gasteiger partial charge in [0.2, 0.25) is 0 Å². The van der Waals surface area contributed by atoms with Crippen molar-refractivity contribution in [3.63, 3.8) is 0 Å². The van der Waals surface area contributed by atoms with Crippen LogP contribution in [0.15, 0.2) is 55.1 Å². The smallest absolute Gasteiger partial charge is 0.160 e. The van der Waals surface area contributed by atoms with Crippen LogP contribution in [-0.2, 0) is 12.8 Å². The molecule has 1 unspecified atom stereocenters. The van der Waals surface area contributed by atoms with Crippen LogP contribution in [-0.4, -0.2) is 26.4 Å². The highest BCUT2D eigenvalue weighted by Crippen LogP contribution is 2.28. The molecule has 0 fully saturated rings. The lowest BCUT2D eigenvalue weighted by molar-refractivity contribution is 0.220. The van der Waals surface area contributed by atoms with Gasteiger partial charge in [-0.25, -0.2) is 4.98 Å². The summed E-state index contributed by atoms with van der Waals surface area (Å²) < 4.78 is 7.67. The molecule has 0 N–H and O–H groups in total. The lowest BCUT2D eigenvalue weighted by Gasteiger charge is -2.24. The third kappa shape index (κ3) is 2.57. The van der Waals surface area contributed by atoms with Gasteiger partial charge in [0.15, 0.2) is 5.82 Å². The molecule has 1 aromatic carbocycles. The van der Waals surface area contributed by atoms with Crippen molar-refractivity contribution >= 4 is 0 Å². The molecule has 1 aliphatic rings. The van der Waals surface area contributed by atoms with Crippen LogP contribution in [0.5, 0.6) is 5.75 Å². The van der Waals surface area contributed by atoms with Gasteiger partial charge in [0.05, 0.1) is 12.3 Å². The first-order valence-electron chi connectivity index (χ1n) is 7.40. The maximum atomic E-state index is 5.83. The molecule has 2 aromatic heterocycles. The van der Waals surface area contributed by atoms with Crippen molar-refractivity contribution in [2.75, 3.05) is 6.61 Å². The van der Waals surface area contributed by atoms with Crippen molar-refractivity contribution in [2.45, 2.75) is 12.8 Å². The van der Waals surface area contributed by atoms with E-state index < -0.39 is 0 Å². The molecule has 0 saturated carbocycles. The van der Waals surface area contributed by atoms with Gasteiger partial charge >= 0.3 is 0 Å². The monoisotopic (exact) mass is 292 g/mol. The molecule has 0 radical (unpaired) electrons. The molecule has 5 nitrogen and oxygen atoms in total. The summed E-state index contributed by atoms with van der Waals surface area (Å²) in [5, 5.41) is 8.59. The Morgan fingerprint density at radius 3 is 2.91 bits per heavy atom. The SMILES string of the molecule is c1ccc2c(c1)CC(Cc1ccc(-n3ccnc3)nn1)CO2. The van der Waals surface area contributed by atoms with Gasteiger partial charge in [0, 0.05) is 18.3 Å². The normalized spacial score (nSPS) is 16.8. The van der Waals surface area contributed by atoms with Crippen molar-refractivity contribution in [3.8, 4) is 11.6 Å². The van der Waals surface area contributed by atoms with Crippen LogP contribution in [0.3, 0.4) is 0 Å². The van der Waals surface area contributed by atoms with Crippen LogP contribution in [0.2, 0.25) is 0 Å². The van der Waals surface area contributed by atoms with Crippen molar-refractivity contribution in [1.82, 2.24) is 19.7 Å². The van der Waals surface area contributed by atoms with Crippen LogP contribution in [0.4, 0.5) is 0 Å². The zero-order valence-corrected chi connectivity index (χ0v) is 12.1. The molecule has 5 heteroatoms. The number of ether oxygens (including phenoxy) is 1. The van der Waals surface area contributed by atoms with Gasteiger partial charge in [-0.1, -0.05) is 18.2 Å². The Labute approximate surface area is 128 Å². The van der Waals surface area contributed by atoms with E-state index >= 15 is 0 Å². The van der Waals surface area contributed by atoms with Crippen LogP contribution in [0, 0.1) is 5.92 Å². The number of rotatable bonds is 3. The zero-order chi connectivity index (χ0) is 14.8.